The van der Waals surface area contributed by atoms with E-state index in [9.17, 15) is 4.79 Å². The second-order valence-electron chi connectivity index (χ2n) is 10.6. The van der Waals surface area contributed by atoms with Crippen LogP contribution in [0, 0.1) is 23.2 Å². The SMILES string of the molecule is COc1cc2c(cc1OCc1ccccc1)CC[C@@H]1[C@@H]2CC[C@]2(C)[C@@H](CC(C)=O)CC[C@@H]12. The number of rotatable bonds is 6. The third-order valence-corrected chi connectivity index (χ3v) is 8.98. The molecule has 5 rings (SSSR count). The maximum absolute atomic E-state index is 11.9. The average molecular weight is 433 g/mol. The van der Waals surface area contributed by atoms with Crippen molar-refractivity contribution in [1.29, 1.82) is 0 Å². The van der Waals surface area contributed by atoms with Crippen molar-refractivity contribution in [3.8, 4) is 11.5 Å². The highest BCUT2D eigenvalue weighted by molar-refractivity contribution is 5.75. The third kappa shape index (κ3) is 3.74. The number of hydrogen-bond acceptors (Lipinski definition) is 3. The van der Waals surface area contributed by atoms with Gasteiger partial charge in [0.25, 0.3) is 0 Å². The lowest BCUT2D eigenvalue weighted by molar-refractivity contribution is -0.119. The first kappa shape index (κ1) is 21.6. The highest BCUT2D eigenvalue weighted by Crippen LogP contribution is 2.64. The molecule has 32 heavy (non-hydrogen) atoms. The van der Waals surface area contributed by atoms with Gasteiger partial charge in [-0.1, -0.05) is 37.3 Å². The van der Waals surface area contributed by atoms with Crippen LogP contribution in [-0.2, 0) is 17.8 Å². The van der Waals surface area contributed by atoms with Crippen molar-refractivity contribution >= 4 is 5.78 Å². The molecule has 3 heteroatoms. The molecule has 2 saturated carbocycles. The molecule has 3 aliphatic carbocycles. The molecule has 0 amide bonds. The van der Waals surface area contributed by atoms with E-state index in [1.54, 1.807) is 14.0 Å². The number of carbonyl (C=O) groups is 1. The van der Waals surface area contributed by atoms with E-state index >= 15 is 0 Å². The molecular formula is C29H36O3. The molecular weight excluding hydrogens is 396 g/mol. The minimum atomic E-state index is 0.340. The van der Waals surface area contributed by atoms with Gasteiger partial charge in [0, 0.05) is 6.42 Å². The number of carbonyl (C=O) groups excluding carboxylic acids is 1. The van der Waals surface area contributed by atoms with Crippen LogP contribution in [0.4, 0.5) is 0 Å². The summed E-state index contributed by atoms with van der Waals surface area (Å²) >= 11 is 0. The van der Waals surface area contributed by atoms with Gasteiger partial charge in [0.15, 0.2) is 11.5 Å². The summed E-state index contributed by atoms with van der Waals surface area (Å²) in [5, 5.41) is 0. The Morgan fingerprint density at radius 2 is 1.88 bits per heavy atom. The summed E-state index contributed by atoms with van der Waals surface area (Å²) in [7, 11) is 1.75. The van der Waals surface area contributed by atoms with Crippen molar-refractivity contribution in [3.05, 3.63) is 59.2 Å². The number of ketones is 1. The average Bonchev–Trinajstić information content (AvgIpc) is 3.13. The Balaban J connectivity index is 1.38. The molecule has 2 aromatic rings. The molecule has 0 bridgehead atoms. The first-order valence-corrected chi connectivity index (χ1v) is 12.4. The summed E-state index contributed by atoms with van der Waals surface area (Å²) in [6.45, 7) is 4.81. The number of aryl methyl sites for hydroxylation is 1. The van der Waals surface area contributed by atoms with E-state index in [0.717, 1.165) is 36.2 Å². The fourth-order valence-electron chi connectivity index (χ4n) is 7.38. The summed E-state index contributed by atoms with van der Waals surface area (Å²) < 4.78 is 12.0. The summed E-state index contributed by atoms with van der Waals surface area (Å²) in [6.07, 6.45) is 8.14. The number of ether oxygens (including phenoxy) is 2. The quantitative estimate of drug-likeness (QED) is 0.508. The van der Waals surface area contributed by atoms with E-state index in [1.165, 1.54) is 48.8 Å². The van der Waals surface area contributed by atoms with Gasteiger partial charge in [-0.2, -0.15) is 0 Å². The first-order valence-electron chi connectivity index (χ1n) is 12.4. The fourth-order valence-corrected chi connectivity index (χ4v) is 7.38. The van der Waals surface area contributed by atoms with Crippen molar-refractivity contribution in [2.24, 2.45) is 23.2 Å². The Morgan fingerprint density at radius 3 is 2.62 bits per heavy atom. The van der Waals surface area contributed by atoms with Crippen molar-refractivity contribution in [3.63, 3.8) is 0 Å². The van der Waals surface area contributed by atoms with Gasteiger partial charge in [0.1, 0.15) is 12.4 Å². The second kappa shape index (κ2) is 8.57. The number of methoxy groups -OCH3 is 1. The Morgan fingerprint density at radius 1 is 1.06 bits per heavy atom. The molecule has 0 N–H and O–H groups in total. The number of fused-ring (bicyclic) bond motifs is 5. The molecule has 2 fully saturated rings. The second-order valence-corrected chi connectivity index (χ2v) is 10.6. The van der Waals surface area contributed by atoms with Crippen LogP contribution in [0.25, 0.3) is 0 Å². The zero-order chi connectivity index (χ0) is 22.3. The molecule has 0 aromatic heterocycles. The Labute approximate surface area is 192 Å². The van der Waals surface area contributed by atoms with Crippen LogP contribution in [0.1, 0.15) is 75.0 Å². The van der Waals surface area contributed by atoms with Gasteiger partial charge < -0.3 is 14.3 Å². The smallest absolute Gasteiger partial charge is 0.161 e. The molecule has 170 valence electrons. The Hall–Kier alpha value is -2.29. The normalized spacial score (nSPS) is 30.7. The van der Waals surface area contributed by atoms with Crippen LogP contribution < -0.4 is 9.47 Å². The number of Topliss-reactive ketones (excluding diaryl/α,β-unsaturated/α-hetero) is 1. The highest BCUT2D eigenvalue weighted by atomic mass is 16.5. The Kier molecular flexibility index (Phi) is 5.77. The predicted octanol–water partition coefficient (Wildman–Crippen LogP) is 6.73. The van der Waals surface area contributed by atoms with E-state index < -0.39 is 0 Å². The molecule has 0 spiro atoms. The summed E-state index contributed by atoms with van der Waals surface area (Å²) in [4.78, 5) is 11.9. The number of hydrogen-bond donors (Lipinski definition) is 0. The maximum atomic E-state index is 11.9. The molecule has 0 aliphatic heterocycles. The zero-order valence-electron chi connectivity index (χ0n) is 19.7. The highest BCUT2D eigenvalue weighted by Gasteiger charge is 2.54. The van der Waals surface area contributed by atoms with E-state index in [4.69, 9.17) is 9.47 Å². The lowest BCUT2D eigenvalue weighted by Gasteiger charge is -2.51. The van der Waals surface area contributed by atoms with Crippen LogP contribution in [0.5, 0.6) is 11.5 Å². The summed E-state index contributed by atoms with van der Waals surface area (Å²) in [5.41, 5.74) is 4.44. The number of benzene rings is 2. The van der Waals surface area contributed by atoms with Gasteiger partial charge in [0.2, 0.25) is 0 Å². The lowest BCUT2D eigenvalue weighted by atomic mass is 9.54. The van der Waals surface area contributed by atoms with Gasteiger partial charge >= 0.3 is 0 Å². The van der Waals surface area contributed by atoms with Gasteiger partial charge in [-0.15, -0.1) is 0 Å². The van der Waals surface area contributed by atoms with Crippen LogP contribution in [-0.4, -0.2) is 12.9 Å². The summed E-state index contributed by atoms with van der Waals surface area (Å²) in [6, 6.07) is 14.8. The van der Waals surface area contributed by atoms with Gasteiger partial charge in [-0.3, -0.25) is 0 Å². The van der Waals surface area contributed by atoms with Crippen LogP contribution in [0.3, 0.4) is 0 Å². The minimum Gasteiger partial charge on any atom is -0.493 e. The first-order chi connectivity index (χ1) is 15.5. The Bertz CT molecular complexity index is 981. The van der Waals surface area contributed by atoms with Crippen molar-refractivity contribution in [2.75, 3.05) is 7.11 Å². The van der Waals surface area contributed by atoms with E-state index in [2.05, 4.69) is 31.2 Å². The van der Waals surface area contributed by atoms with Gasteiger partial charge in [-0.25, -0.2) is 0 Å². The van der Waals surface area contributed by atoms with Crippen LogP contribution >= 0.6 is 0 Å². The van der Waals surface area contributed by atoms with E-state index in [-0.39, 0.29) is 0 Å². The fraction of sp³-hybridized carbons (Fsp3) is 0.552. The van der Waals surface area contributed by atoms with Crippen molar-refractivity contribution in [2.45, 2.75) is 71.3 Å². The topological polar surface area (TPSA) is 35.5 Å². The standard InChI is InChI=1S/C29H36O3/c1-19(30)15-22-10-12-26-24-11-9-21-16-28(32-18-20-7-5-4-6-8-20)27(31-3)17-25(21)23(24)13-14-29(22,26)2/h4-8,16-17,22-24,26H,9-15,18H2,1-3H3/t22-,23+,24-,26+,29-/m1/s1. The van der Waals surface area contributed by atoms with E-state index in [0.29, 0.717) is 29.6 Å². The third-order valence-electron chi connectivity index (χ3n) is 8.98. The molecule has 2 aromatic carbocycles. The monoisotopic (exact) mass is 432 g/mol. The van der Waals surface area contributed by atoms with E-state index in [1.807, 2.05) is 18.2 Å². The molecule has 0 heterocycles. The minimum absolute atomic E-state index is 0.340. The van der Waals surface area contributed by atoms with Crippen molar-refractivity contribution in [1.82, 2.24) is 0 Å². The molecule has 5 atom stereocenters. The molecule has 0 radical (unpaired) electrons. The molecule has 3 nitrogen and oxygen atoms in total. The maximum Gasteiger partial charge on any atom is 0.161 e. The van der Waals surface area contributed by atoms with Crippen molar-refractivity contribution < 1.29 is 14.3 Å². The molecule has 3 aliphatic rings. The molecule has 0 saturated heterocycles. The predicted molar refractivity (Wildman–Crippen MR) is 127 cm³/mol. The summed E-state index contributed by atoms with van der Waals surface area (Å²) in [5.74, 6) is 4.75. The van der Waals surface area contributed by atoms with Crippen LogP contribution in [0.15, 0.2) is 42.5 Å². The molecule has 0 unspecified atom stereocenters. The largest absolute Gasteiger partial charge is 0.493 e. The van der Waals surface area contributed by atoms with Gasteiger partial charge in [0.05, 0.1) is 7.11 Å². The van der Waals surface area contributed by atoms with Crippen LogP contribution in [0.2, 0.25) is 0 Å². The lowest BCUT2D eigenvalue weighted by Crippen LogP contribution is -2.42. The zero-order valence-corrected chi connectivity index (χ0v) is 19.7. The van der Waals surface area contributed by atoms with Gasteiger partial charge in [-0.05, 0) is 103 Å².